The molecule has 29 heavy (non-hydrogen) atoms. The highest BCUT2D eigenvalue weighted by atomic mass is 35.5. The summed E-state index contributed by atoms with van der Waals surface area (Å²) in [5.41, 5.74) is 0.589. The van der Waals surface area contributed by atoms with E-state index in [1.165, 1.54) is 18.2 Å². The van der Waals surface area contributed by atoms with E-state index in [0.29, 0.717) is 16.4 Å². The Morgan fingerprint density at radius 1 is 0.966 bits per heavy atom. The Labute approximate surface area is 171 Å². The first-order valence-corrected chi connectivity index (χ1v) is 9.22. The summed E-state index contributed by atoms with van der Waals surface area (Å²) >= 11 is 6.30. The second kappa shape index (κ2) is 8.57. The summed E-state index contributed by atoms with van der Waals surface area (Å²) in [5, 5.41) is 6.09. The predicted molar refractivity (Wildman–Crippen MR) is 109 cm³/mol. The highest BCUT2D eigenvalue weighted by Crippen LogP contribution is 2.33. The van der Waals surface area contributed by atoms with Crippen LogP contribution >= 0.6 is 11.6 Å². The van der Waals surface area contributed by atoms with E-state index in [9.17, 15) is 18.0 Å². The van der Waals surface area contributed by atoms with Gasteiger partial charge in [0.05, 0.1) is 21.8 Å². The van der Waals surface area contributed by atoms with E-state index in [1.807, 2.05) is 37.3 Å². The molecule has 3 rings (SSSR count). The van der Waals surface area contributed by atoms with Gasteiger partial charge in [-0.05, 0) is 42.8 Å². The zero-order chi connectivity index (χ0) is 21.0. The highest BCUT2D eigenvalue weighted by Gasteiger charge is 2.34. The summed E-state index contributed by atoms with van der Waals surface area (Å²) < 4.78 is 39.3. The predicted octanol–water partition coefficient (Wildman–Crippen LogP) is 6.78. The summed E-state index contributed by atoms with van der Waals surface area (Å²) in [6, 6.07) is 19.2. The van der Waals surface area contributed by atoms with Crippen molar-refractivity contribution in [3.8, 4) is 0 Å². The van der Waals surface area contributed by atoms with Gasteiger partial charge in [0.25, 0.3) is 5.91 Å². The maximum Gasteiger partial charge on any atom is 0.417 e. The van der Waals surface area contributed by atoms with Crippen molar-refractivity contribution in [3.05, 3.63) is 94.5 Å². The number of hydrogen-bond acceptors (Lipinski definition) is 2. The summed E-state index contributed by atoms with van der Waals surface area (Å²) in [6.07, 6.45) is -4.62. The third-order valence-electron chi connectivity index (χ3n) is 4.38. The number of rotatable bonds is 5. The smallest absolute Gasteiger partial charge is 0.377 e. The molecule has 2 N–H and O–H groups in total. The van der Waals surface area contributed by atoms with E-state index < -0.39 is 23.2 Å². The van der Waals surface area contributed by atoms with E-state index in [4.69, 9.17) is 11.6 Å². The number of alkyl halides is 3. The monoisotopic (exact) mass is 418 g/mol. The van der Waals surface area contributed by atoms with Crippen molar-refractivity contribution in [2.24, 2.45) is 0 Å². The lowest BCUT2D eigenvalue weighted by molar-refractivity contribution is -0.137. The van der Waals surface area contributed by atoms with E-state index in [-0.39, 0.29) is 6.04 Å². The van der Waals surface area contributed by atoms with Crippen LogP contribution in [0.1, 0.15) is 34.5 Å². The summed E-state index contributed by atoms with van der Waals surface area (Å²) in [4.78, 5) is 12.4. The van der Waals surface area contributed by atoms with Crippen molar-refractivity contribution >= 4 is 28.9 Å². The molecule has 1 amide bonds. The molecule has 0 fully saturated rings. The lowest BCUT2D eigenvalue weighted by Crippen LogP contribution is -2.18. The zero-order valence-corrected chi connectivity index (χ0v) is 16.2. The molecule has 0 aliphatic rings. The number of nitrogens with one attached hydrogen (secondary N) is 2. The fourth-order valence-corrected chi connectivity index (χ4v) is 3.13. The van der Waals surface area contributed by atoms with Gasteiger partial charge in [-0.3, -0.25) is 4.79 Å². The lowest BCUT2D eigenvalue weighted by atomic mass is 10.1. The molecular formula is C22H18ClF3N2O. The Hall–Kier alpha value is -2.99. The molecule has 0 radical (unpaired) electrons. The van der Waals surface area contributed by atoms with Crippen LogP contribution in [-0.4, -0.2) is 5.91 Å². The second-order valence-corrected chi connectivity index (χ2v) is 6.88. The molecule has 0 aliphatic heterocycles. The largest absolute Gasteiger partial charge is 0.417 e. The second-order valence-electron chi connectivity index (χ2n) is 6.47. The number of carbonyl (C=O) groups is 1. The first kappa shape index (κ1) is 20.7. The van der Waals surface area contributed by atoms with Crippen LogP contribution in [0.5, 0.6) is 0 Å². The molecule has 3 nitrogen and oxygen atoms in total. The molecule has 0 bridgehead atoms. The quantitative estimate of drug-likeness (QED) is 0.479. The Morgan fingerprint density at radius 3 is 2.28 bits per heavy atom. The molecule has 0 aromatic heterocycles. The minimum absolute atomic E-state index is 0.00666. The van der Waals surface area contributed by atoms with Gasteiger partial charge in [-0.25, -0.2) is 0 Å². The minimum atomic E-state index is -4.62. The normalized spacial score (nSPS) is 12.3. The molecule has 3 aromatic carbocycles. The van der Waals surface area contributed by atoms with Crippen LogP contribution in [0.25, 0.3) is 0 Å². The van der Waals surface area contributed by atoms with Crippen molar-refractivity contribution in [2.75, 3.05) is 10.6 Å². The van der Waals surface area contributed by atoms with Gasteiger partial charge in [0, 0.05) is 11.7 Å². The van der Waals surface area contributed by atoms with Crippen molar-refractivity contribution < 1.29 is 18.0 Å². The van der Waals surface area contributed by atoms with Crippen molar-refractivity contribution in [1.29, 1.82) is 0 Å². The van der Waals surface area contributed by atoms with Crippen LogP contribution in [0.4, 0.5) is 24.5 Å². The number of anilines is 2. The third-order valence-corrected chi connectivity index (χ3v) is 4.69. The number of benzene rings is 3. The fourth-order valence-electron chi connectivity index (χ4n) is 2.89. The van der Waals surface area contributed by atoms with E-state index >= 15 is 0 Å². The SMILES string of the molecule is CC(Nc1ccc(NC(=O)c2ccccc2C(F)(F)F)cc1Cl)c1ccccc1. The van der Waals surface area contributed by atoms with Gasteiger partial charge in [-0.15, -0.1) is 0 Å². The average molecular weight is 419 g/mol. The Kier molecular flexibility index (Phi) is 6.13. The first-order valence-electron chi connectivity index (χ1n) is 8.84. The van der Waals surface area contributed by atoms with Crippen LogP contribution in [0.3, 0.4) is 0 Å². The van der Waals surface area contributed by atoms with Crippen molar-refractivity contribution in [3.63, 3.8) is 0 Å². The number of hydrogen-bond donors (Lipinski definition) is 2. The average Bonchev–Trinajstić information content (AvgIpc) is 2.70. The molecule has 1 unspecified atom stereocenters. The van der Waals surface area contributed by atoms with Crippen molar-refractivity contribution in [2.45, 2.75) is 19.1 Å². The highest BCUT2D eigenvalue weighted by molar-refractivity contribution is 6.33. The lowest BCUT2D eigenvalue weighted by Gasteiger charge is -2.18. The number of halogens is 4. The molecule has 0 spiro atoms. The Morgan fingerprint density at radius 2 is 1.62 bits per heavy atom. The molecule has 150 valence electrons. The molecule has 0 saturated heterocycles. The third kappa shape index (κ3) is 5.09. The molecule has 0 heterocycles. The van der Waals surface area contributed by atoms with Crippen LogP contribution in [0.2, 0.25) is 5.02 Å². The van der Waals surface area contributed by atoms with Crippen LogP contribution in [0, 0.1) is 0 Å². The fraction of sp³-hybridized carbons (Fsp3) is 0.136. The van der Waals surface area contributed by atoms with Crippen LogP contribution in [0.15, 0.2) is 72.8 Å². The van der Waals surface area contributed by atoms with Gasteiger partial charge in [0.15, 0.2) is 0 Å². The van der Waals surface area contributed by atoms with Gasteiger partial charge in [0.1, 0.15) is 0 Å². The number of carbonyl (C=O) groups excluding carboxylic acids is 1. The topological polar surface area (TPSA) is 41.1 Å². The van der Waals surface area contributed by atoms with Crippen molar-refractivity contribution in [1.82, 2.24) is 0 Å². The van der Waals surface area contributed by atoms with E-state index in [1.54, 1.807) is 12.1 Å². The maximum atomic E-state index is 13.1. The zero-order valence-electron chi connectivity index (χ0n) is 15.4. The summed E-state index contributed by atoms with van der Waals surface area (Å²) in [6.45, 7) is 1.98. The van der Waals surface area contributed by atoms with E-state index in [0.717, 1.165) is 17.7 Å². The Bertz CT molecular complexity index is 1010. The molecule has 3 aromatic rings. The summed E-state index contributed by atoms with van der Waals surface area (Å²) in [7, 11) is 0. The standard InChI is InChI=1S/C22H18ClF3N2O/c1-14(15-7-3-2-4-8-15)27-20-12-11-16(13-19(20)23)28-21(29)17-9-5-6-10-18(17)22(24,25)26/h2-14,27H,1H3,(H,28,29). The molecule has 7 heteroatoms. The van der Waals surface area contributed by atoms with Gasteiger partial charge in [-0.1, -0.05) is 54.1 Å². The van der Waals surface area contributed by atoms with Gasteiger partial charge >= 0.3 is 6.18 Å². The number of amides is 1. The van der Waals surface area contributed by atoms with Gasteiger partial charge in [0.2, 0.25) is 0 Å². The Balaban J connectivity index is 1.75. The minimum Gasteiger partial charge on any atom is -0.377 e. The van der Waals surface area contributed by atoms with Gasteiger partial charge < -0.3 is 10.6 Å². The summed E-state index contributed by atoms with van der Waals surface area (Å²) in [5.74, 6) is -0.854. The molecule has 0 saturated carbocycles. The maximum absolute atomic E-state index is 13.1. The van der Waals surface area contributed by atoms with E-state index in [2.05, 4.69) is 10.6 Å². The molecule has 0 aliphatic carbocycles. The molecule has 1 atom stereocenters. The van der Waals surface area contributed by atoms with Crippen LogP contribution < -0.4 is 10.6 Å². The molecular weight excluding hydrogens is 401 g/mol. The first-order chi connectivity index (χ1) is 13.8. The van der Waals surface area contributed by atoms with Gasteiger partial charge in [-0.2, -0.15) is 13.2 Å². The van der Waals surface area contributed by atoms with Crippen LogP contribution in [-0.2, 0) is 6.18 Å².